The highest BCUT2D eigenvalue weighted by molar-refractivity contribution is 6.22. The van der Waals surface area contributed by atoms with Crippen LogP contribution in [0.4, 0.5) is 17.1 Å². The Kier molecular flexibility index (Phi) is 7.11. The van der Waals surface area contributed by atoms with Crippen molar-refractivity contribution in [2.24, 2.45) is 0 Å². The third kappa shape index (κ3) is 4.75. The number of rotatable bonds is 6. The third-order valence-corrected chi connectivity index (χ3v) is 11.5. The molecule has 1 aliphatic rings. The topological polar surface area (TPSA) is 16.4 Å². The molecule has 0 N–H and O–H groups in total. The van der Waals surface area contributed by atoms with Gasteiger partial charge in [0.2, 0.25) is 0 Å². The lowest BCUT2D eigenvalue weighted by molar-refractivity contribution is 0.670. The van der Waals surface area contributed by atoms with Gasteiger partial charge in [0.1, 0.15) is 11.2 Å². The van der Waals surface area contributed by atoms with E-state index in [2.05, 4.69) is 217 Å². The van der Waals surface area contributed by atoms with Crippen LogP contribution in [0.15, 0.2) is 217 Å². The summed E-state index contributed by atoms with van der Waals surface area (Å²) in [5.41, 5.74) is 14.3. The second-order valence-corrected chi connectivity index (χ2v) is 14.4. The van der Waals surface area contributed by atoms with E-state index in [-0.39, 0.29) is 0 Å². The molecule has 2 heteroatoms. The first-order chi connectivity index (χ1) is 27.3. The smallest absolute Gasteiger partial charge is 0.143 e. The fourth-order valence-corrected chi connectivity index (χ4v) is 9.20. The van der Waals surface area contributed by atoms with Gasteiger partial charge in [0.15, 0.2) is 0 Å². The largest absolute Gasteiger partial charge is 0.455 e. The van der Waals surface area contributed by atoms with Gasteiger partial charge in [-0.15, -0.1) is 0 Å². The van der Waals surface area contributed by atoms with E-state index in [9.17, 15) is 0 Å². The van der Waals surface area contributed by atoms with Gasteiger partial charge in [0.05, 0.1) is 5.41 Å². The summed E-state index contributed by atoms with van der Waals surface area (Å²) in [5.74, 6) is 0. The van der Waals surface area contributed by atoms with E-state index < -0.39 is 5.41 Å². The van der Waals surface area contributed by atoms with Gasteiger partial charge >= 0.3 is 0 Å². The molecule has 0 saturated heterocycles. The van der Waals surface area contributed by atoms with Gasteiger partial charge in [-0.05, 0) is 92.2 Å². The molecule has 0 unspecified atom stereocenters. The van der Waals surface area contributed by atoms with Gasteiger partial charge in [0, 0.05) is 39.5 Å². The zero-order chi connectivity index (χ0) is 36.3. The van der Waals surface area contributed by atoms with Gasteiger partial charge in [0.25, 0.3) is 0 Å². The highest BCUT2D eigenvalue weighted by Gasteiger charge is 2.46. The Labute approximate surface area is 320 Å². The fraction of sp³-hybridized carbons (Fsp3) is 0.0189. The molecule has 258 valence electrons. The zero-order valence-corrected chi connectivity index (χ0v) is 30.1. The van der Waals surface area contributed by atoms with Crippen LogP contribution in [0.5, 0.6) is 0 Å². The first kappa shape index (κ1) is 31.4. The molecule has 10 aromatic rings. The van der Waals surface area contributed by atoms with Gasteiger partial charge in [-0.1, -0.05) is 164 Å². The number of hydrogen-bond acceptors (Lipinski definition) is 2. The van der Waals surface area contributed by atoms with Crippen molar-refractivity contribution in [1.82, 2.24) is 0 Å². The molecule has 0 aliphatic heterocycles. The maximum absolute atomic E-state index is 6.94. The van der Waals surface area contributed by atoms with E-state index in [1.807, 2.05) is 0 Å². The predicted molar refractivity (Wildman–Crippen MR) is 229 cm³/mol. The van der Waals surface area contributed by atoms with E-state index in [4.69, 9.17) is 4.42 Å². The zero-order valence-electron chi connectivity index (χ0n) is 30.1. The van der Waals surface area contributed by atoms with Crippen LogP contribution in [0, 0.1) is 0 Å². The van der Waals surface area contributed by atoms with Gasteiger partial charge in [-0.3, -0.25) is 0 Å². The highest BCUT2D eigenvalue weighted by Crippen LogP contribution is 2.56. The second kappa shape index (κ2) is 12.5. The minimum Gasteiger partial charge on any atom is -0.455 e. The number of anilines is 3. The molecule has 0 spiro atoms. The van der Waals surface area contributed by atoms with Gasteiger partial charge in [-0.2, -0.15) is 0 Å². The summed E-state index contributed by atoms with van der Waals surface area (Å²) in [6.07, 6.45) is 0. The first-order valence-electron chi connectivity index (χ1n) is 18.9. The molecule has 9 aromatic carbocycles. The van der Waals surface area contributed by atoms with E-state index in [1.165, 1.54) is 44.2 Å². The van der Waals surface area contributed by atoms with Crippen LogP contribution in [0.1, 0.15) is 22.3 Å². The normalized spacial score (nSPS) is 12.9. The summed E-state index contributed by atoms with van der Waals surface area (Å²) in [6.45, 7) is 0. The quantitative estimate of drug-likeness (QED) is 0.172. The Morgan fingerprint density at radius 3 is 1.71 bits per heavy atom. The average molecular weight is 702 g/mol. The number of nitrogens with zero attached hydrogens (tertiary/aromatic N) is 1. The molecule has 0 atom stereocenters. The average Bonchev–Trinajstić information content (AvgIpc) is 3.79. The Balaban J connectivity index is 1.14. The number of furan rings is 1. The lowest BCUT2D eigenvalue weighted by atomic mass is 9.67. The van der Waals surface area contributed by atoms with Crippen LogP contribution < -0.4 is 4.90 Å². The fourth-order valence-electron chi connectivity index (χ4n) is 9.20. The summed E-state index contributed by atoms with van der Waals surface area (Å²) in [6, 6.07) is 76.8. The molecular weight excluding hydrogens is 667 g/mol. The van der Waals surface area contributed by atoms with Crippen molar-refractivity contribution in [2.75, 3.05) is 4.90 Å². The third-order valence-electron chi connectivity index (χ3n) is 11.5. The van der Waals surface area contributed by atoms with Crippen LogP contribution in [-0.4, -0.2) is 0 Å². The van der Waals surface area contributed by atoms with Crippen molar-refractivity contribution >= 4 is 49.8 Å². The lowest BCUT2D eigenvalue weighted by Gasteiger charge is -2.35. The van der Waals surface area contributed by atoms with Gasteiger partial charge < -0.3 is 9.32 Å². The predicted octanol–water partition coefficient (Wildman–Crippen LogP) is 14.2. The molecule has 0 fully saturated rings. The summed E-state index contributed by atoms with van der Waals surface area (Å²) >= 11 is 0. The van der Waals surface area contributed by atoms with Crippen LogP contribution in [0.25, 0.3) is 55.0 Å². The summed E-state index contributed by atoms with van der Waals surface area (Å²) < 4.78 is 6.94. The van der Waals surface area contributed by atoms with E-state index in [1.54, 1.807) is 0 Å². The van der Waals surface area contributed by atoms with Crippen molar-refractivity contribution in [3.05, 3.63) is 235 Å². The molecule has 2 nitrogen and oxygen atoms in total. The minimum absolute atomic E-state index is 0.496. The number of fused-ring (bicyclic) bond motifs is 8. The van der Waals surface area contributed by atoms with Crippen LogP contribution in [0.3, 0.4) is 0 Å². The van der Waals surface area contributed by atoms with Crippen LogP contribution in [0.2, 0.25) is 0 Å². The maximum Gasteiger partial charge on any atom is 0.143 e. The molecule has 55 heavy (non-hydrogen) atoms. The lowest BCUT2D eigenvalue weighted by Crippen LogP contribution is -2.28. The molecule has 0 bridgehead atoms. The Morgan fingerprint density at radius 2 is 0.964 bits per heavy atom. The Morgan fingerprint density at radius 1 is 0.382 bits per heavy atom. The standard InChI is InChI=1S/C53H35NO/c1-4-17-36(18-5-1)47-33-37-19-10-11-26-43(37)51-46-32-31-42(35-50(46)55-52(47)51)54(40-23-8-3-9-24-40)41-25-16-22-39(34-41)53(38-20-6-2-7-21-38)48-29-14-12-27-44(48)45-28-13-15-30-49(45)53/h1-35H. The first-order valence-corrected chi connectivity index (χ1v) is 18.9. The monoisotopic (exact) mass is 701 g/mol. The van der Waals surface area contributed by atoms with E-state index >= 15 is 0 Å². The van der Waals surface area contributed by atoms with Crippen molar-refractivity contribution in [1.29, 1.82) is 0 Å². The number of benzene rings is 9. The van der Waals surface area contributed by atoms with Crippen molar-refractivity contribution in [2.45, 2.75) is 5.41 Å². The molecule has 1 aromatic heterocycles. The van der Waals surface area contributed by atoms with Crippen LogP contribution >= 0.6 is 0 Å². The Bertz CT molecular complexity index is 2990. The Hall–Kier alpha value is -7.16. The van der Waals surface area contributed by atoms with E-state index in [0.29, 0.717) is 0 Å². The molecule has 11 rings (SSSR count). The molecule has 1 aliphatic carbocycles. The molecule has 0 radical (unpaired) electrons. The molecule has 0 saturated carbocycles. The summed E-state index contributed by atoms with van der Waals surface area (Å²) in [7, 11) is 0. The summed E-state index contributed by atoms with van der Waals surface area (Å²) in [5, 5.41) is 4.65. The van der Waals surface area contributed by atoms with Crippen molar-refractivity contribution < 1.29 is 4.42 Å². The summed E-state index contributed by atoms with van der Waals surface area (Å²) in [4.78, 5) is 2.36. The molecular formula is C53H35NO. The number of para-hydroxylation sites is 1. The maximum atomic E-state index is 6.94. The minimum atomic E-state index is -0.496. The highest BCUT2D eigenvalue weighted by atomic mass is 16.3. The van der Waals surface area contributed by atoms with Crippen molar-refractivity contribution in [3.8, 4) is 22.3 Å². The SMILES string of the molecule is c1ccc(-c2cc3ccccc3c3c2oc2cc(N(c4ccccc4)c4cccc(C5(c6ccccc6)c6ccccc6-c6ccccc65)c4)ccc23)cc1. The van der Waals surface area contributed by atoms with Gasteiger partial charge in [-0.25, -0.2) is 0 Å². The molecule has 0 amide bonds. The van der Waals surface area contributed by atoms with Crippen molar-refractivity contribution in [3.63, 3.8) is 0 Å². The van der Waals surface area contributed by atoms with E-state index in [0.717, 1.165) is 50.1 Å². The van der Waals surface area contributed by atoms with Crippen LogP contribution in [-0.2, 0) is 5.41 Å². The second-order valence-electron chi connectivity index (χ2n) is 14.4. The molecule has 1 heterocycles. The number of hydrogen-bond donors (Lipinski definition) is 0.